The molecule has 8 heteroatoms. The van der Waals surface area contributed by atoms with Crippen LogP contribution in [0.5, 0.6) is 0 Å². The van der Waals surface area contributed by atoms with Gasteiger partial charge in [0.2, 0.25) is 16.0 Å². The number of anilines is 2. The number of benzene rings is 1. The minimum absolute atomic E-state index is 0.0537. The summed E-state index contributed by atoms with van der Waals surface area (Å²) in [6, 6.07) is 10.2. The summed E-state index contributed by atoms with van der Waals surface area (Å²) in [5, 5.41) is 3.25. The molecule has 1 saturated heterocycles. The third-order valence-electron chi connectivity index (χ3n) is 5.09. The van der Waals surface area contributed by atoms with Crippen LogP contribution in [0.4, 0.5) is 11.6 Å². The van der Waals surface area contributed by atoms with Gasteiger partial charge in [-0.05, 0) is 37.5 Å². The Hall–Kier alpha value is -2.19. The van der Waals surface area contributed by atoms with Crippen molar-refractivity contribution < 1.29 is 8.42 Å². The van der Waals surface area contributed by atoms with Crippen LogP contribution in [0.15, 0.2) is 36.5 Å². The molecule has 0 spiro atoms. The molecule has 1 N–H and O–H groups in total. The molecule has 0 saturated carbocycles. The molecule has 1 aliphatic heterocycles. The molecule has 2 heterocycles. The van der Waals surface area contributed by atoms with Crippen LogP contribution in [-0.4, -0.2) is 62.2 Å². The molecule has 1 aromatic carbocycles. The number of hydrogen-bond donors (Lipinski definition) is 1. The summed E-state index contributed by atoms with van der Waals surface area (Å²) >= 11 is 0. The van der Waals surface area contributed by atoms with Crippen molar-refractivity contribution in [2.45, 2.75) is 31.7 Å². The molecule has 28 heavy (non-hydrogen) atoms. The predicted octanol–water partition coefficient (Wildman–Crippen LogP) is 2.83. The maximum Gasteiger partial charge on any atom is 0.223 e. The summed E-state index contributed by atoms with van der Waals surface area (Å²) in [7, 11) is 0.874. The number of aromatic nitrogens is 2. The molecular weight excluding hydrogens is 374 g/mol. The van der Waals surface area contributed by atoms with Crippen LogP contribution in [0.1, 0.15) is 25.7 Å². The Kier molecular flexibility index (Phi) is 6.51. The van der Waals surface area contributed by atoms with Crippen molar-refractivity contribution >= 4 is 21.7 Å². The first-order valence-corrected chi connectivity index (χ1v) is 11.5. The van der Waals surface area contributed by atoms with Crippen molar-refractivity contribution in [3.8, 4) is 11.3 Å². The Balaban J connectivity index is 1.62. The van der Waals surface area contributed by atoms with Crippen molar-refractivity contribution in [3.05, 3.63) is 36.5 Å². The van der Waals surface area contributed by atoms with E-state index in [0.29, 0.717) is 19.0 Å². The van der Waals surface area contributed by atoms with Gasteiger partial charge in [-0.1, -0.05) is 18.6 Å². The average molecular weight is 404 g/mol. The normalized spacial score (nSPS) is 18.0. The Labute approximate surface area is 167 Å². The maximum absolute atomic E-state index is 12.0. The summed E-state index contributed by atoms with van der Waals surface area (Å²) in [5.74, 6) is 0.566. The lowest BCUT2D eigenvalue weighted by Crippen LogP contribution is -2.43. The van der Waals surface area contributed by atoms with Gasteiger partial charge in [0.05, 0.1) is 11.9 Å². The lowest BCUT2D eigenvalue weighted by atomic mass is 10.0. The number of sulfonamides is 1. The summed E-state index contributed by atoms with van der Waals surface area (Å²) in [6.45, 7) is 1.26. The summed E-state index contributed by atoms with van der Waals surface area (Å²) < 4.78 is 25.6. The van der Waals surface area contributed by atoms with Gasteiger partial charge in [0.1, 0.15) is 0 Å². The van der Waals surface area contributed by atoms with Gasteiger partial charge in [0.15, 0.2) is 0 Å². The van der Waals surface area contributed by atoms with Crippen molar-refractivity contribution in [2.24, 2.45) is 0 Å². The van der Waals surface area contributed by atoms with E-state index in [2.05, 4.69) is 32.3 Å². The van der Waals surface area contributed by atoms with Crippen molar-refractivity contribution in [1.29, 1.82) is 0 Å². The molecule has 152 valence electrons. The molecule has 1 atom stereocenters. The molecule has 0 amide bonds. The van der Waals surface area contributed by atoms with E-state index in [1.807, 2.05) is 32.3 Å². The smallest absolute Gasteiger partial charge is 0.223 e. The minimum atomic E-state index is -3.15. The van der Waals surface area contributed by atoms with E-state index in [1.54, 1.807) is 10.5 Å². The molecule has 2 aromatic rings. The second-order valence-electron chi connectivity index (χ2n) is 7.45. The lowest BCUT2D eigenvalue weighted by Gasteiger charge is -2.33. The fourth-order valence-electron chi connectivity index (χ4n) is 3.58. The first kappa shape index (κ1) is 20.5. The molecule has 1 fully saturated rings. The largest absolute Gasteiger partial charge is 0.378 e. The molecule has 1 aliphatic rings. The van der Waals surface area contributed by atoms with Crippen LogP contribution < -0.4 is 10.2 Å². The first-order valence-electron chi connectivity index (χ1n) is 9.66. The van der Waals surface area contributed by atoms with Crippen LogP contribution in [0.3, 0.4) is 0 Å². The van der Waals surface area contributed by atoms with Gasteiger partial charge in [-0.25, -0.2) is 18.4 Å². The highest BCUT2D eigenvalue weighted by molar-refractivity contribution is 7.88. The van der Waals surface area contributed by atoms with Crippen molar-refractivity contribution in [3.63, 3.8) is 0 Å². The van der Waals surface area contributed by atoms with E-state index in [1.165, 1.54) is 6.26 Å². The van der Waals surface area contributed by atoms with Crippen LogP contribution in [0.25, 0.3) is 11.3 Å². The fraction of sp³-hybridized carbons (Fsp3) is 0.500. The summed E-state index contributed by atoms with van der Waals surface area (Å²) in [4.78, 5) is 11.0. The van der Waals surface area contributed by atoms with Gasteiger partial charge in [-0.2, -0.15) is 4.31 Å². The third kappa shape index (κ3) is 5.20. The van der Waals surface area contributed by atoms with Gasteiger partial charge in [0.25, 0.3) is 0 Å². The Morgan fingerprint density at radius 1 is 1.18 bits per heavy atom. The molecule has 0 aliphatic carbocycles. The lowest BCUT2D eigenvalue weighted by molar-refractivity contribution is 0.246. The number of nitrogens with one attached hydrogen (secondary N) is 1. The van der Waals surface area contributed by atoms with Gasteiger partial charge in [-0.3, -0.25) is 0 Å². The number of hydrogen-bond acceptors (Lipinski definition) is 6. The Bertz CT molecular complexity index is 884. The monoisotopic (exact) mass is 403 g/mol. The zero-order chi connectivity index (χ0) is 20.1. The number of rotatable bonds is 7. The van der Waals surface area contributed by atoms with E-state index < -0.39 is 10.0 Å². The first-order chi connectivity index (χ1) is 13.3. The van der Waals surface area contributed by atoms with Gasteiger partial charge in [-0.15, -0.1) is 0 Å². The zero-order valence-electron chi connectivity index (χ0n) is 16.8. The zero-order valence-corrected chi connectivity index (χ0v) is 17.6. The highest BCUT2D eigenvalue weighted by Gasteiger charge is 2.28. The van der Waals surface area contributed by atoms with Crippen LogP contribution in [-0.2, 0) is 10.0 Å². The fourth-order valence-corrected chi connectivity index (χ4v) is 4.80. The van der Waals surface area contributed by atoms with Crippen LogP contribution in [0, 0.1) is 0 Å². The molecule has 0 radical (unpaired) electrons. The quantitative estimate of drug-likeness (QED) is 0.766. The van der Waals surface area contributed by atoms with E-state index >= 15 is 0 Å². The molecule has 0 bridgehead atoms. The molecule has 3 rings (SSSR count). The SMILES string of the molecule is CN(C)c1ccc(-c2ccnc(NCCC3CCCCN3S(C)(=O)=O)n2)cc1. The highest BCUT2D eigenvalue weighted by Crippen LogP contribution is 2.23. The molecule has 7 nitrogen and oxygen atoms in total. The summed E-state index contributed by atoms with van der Waals surface area (Å²) in [6.07, 6.45) is 6.72. The molecular formula is C20H29N5O2S. The van der Waals surface area contributed by atoms with E-state index in [-0.39, 0.29) is 6.04 Å². The minimum Gasteiger partial charge on any atom is -0.378 e. The second-order valence-corrected chi connectivity index (χ2v) is 9.38. The van der Waals surface area contributed by atoms with Crippen LogP contribution >= 0.6 is 0 Å². The van der Waals surface area contributed by atoms with Gasteiger partial charge >= 0.3 is 0 Å². The van der Waals surface area contributed by atoms with E-state index in [9.17, 15) is 8.42 Å². The average Bonchev–Trinajstić information content (AvgIpc) is 2.68. The topological polar surface area (TPSA) is 78.4 Å². The predicted molar refractivity (Wildman–Crippen MR) is 114 cm³/mol. The van der Waals surface area contributed by atoms with Gasteiger partial charge in [0, 0.05) is 50.7 Å². The van der Waals surface area contributed by atoms with E-state index in [4.69, 9.17) is 0 Å². The van der Waals surface area contributed by atoms with Crippen LogP contribution in [0.2, 0.25) is 0 Å². The van der Waals surface area contributed by atoms with Gasteiger partial charge < -0.3 is 10.2 Å². The third-order valence-corrected chi connectivity index (χ3v) is 6.43. The van der Waals surface area contributed by atoms with Crippen molar-refractivity contribution in [1.82, 2.24) is 14.3 Å². The number of piperidine rings is 1. The second kappa shape index (κ2) is 8.87. The standard InChI is InChI=1S/C20H29N5O2S/c1-24(2)17-9-7-16(8-10-17)19-12-14-22-20(23-19)21-13-11-18-6-4-5-15-25(18)28(3,26)27/h7-10,12,14,18H,4-6,11,13,15H2,1-3H3,(H,21,22,23). The number of nitrogens with zero attached hydrogens (tertiary/aromatic N) is 4. The van der Waals surface area contributed by atoms with E-state index in [0.717, 1.165) is 42.6 Å². The Morgan fingerprint density at radius 2 is 1.93 bits per heavy atom. The maximum atomic E-state index is 12.0. The highest BCUT2D eigenvalue weighted by atomic mass is 32.2. The molecule has 1 aromatic heterocycles. The van der Waals surface area contributed by atoms with Crippen molar-refractivity contribution in [2.75, 3.05) is 43.7 Å². The molecule has 1 unspecified atom stereocenters. The Morgan fingerprint density at radius 3 is 2.61 bits per heavy atom. The summed E-state index contributed by atoms with van der Waals surface area (Å²) in [5.41, 5.74) is 3.03.